The molecule has 6 rings (SSSR count). The largest absolute Gasteiger partial charge is 0.379 e. The second kappa shape index (κ2) is 7.91. The van der Waals surface area contributed by atoms with Gasteiger partial charge in [-0.3, -0.25) is 4.90 Å². The molecule has 0 unspecified atom stereocenters. The molecule has 6 heteroatoms. The van der Waals surface area contributed by atoms with Gasteiger partial charge in [-0.15, -0.1) is 11.3 Å². The monoisotopic (exact) mass is 420 g/mol. The lowest BCUT2D eigenvalue weighted by atomic mass is 9.87. The molecule has 0 saturated carbocycles. The number of morpholine rings is 1. The van der Waals surface area contributed by atoms with E-state index in [9.17, 15) is 0 Å². The molecule has 3 aliphatic rings. The zero-order valence-corrected chi connectivity index (χ0v) is 18.1. The summed E-state index contributed by atoms with van der Waals surface area (Å²) in [5.74, 6) is 2.00. The highest BCUT2D eigenvalue weighted by molar-refractivity contribution is 7.19. The zero-order valence-electron chi connectivity index (χ0n) is 17.3. The van der Waals surface area contributed by atoms with Crippen LogP contribution in [-0.4, -0.2) is 41.2 Å². The third kappa shape index (κ3) is 3.41. The van der Waals surface area contributed by atoms with Crippen LogP contribution in [0.15, 0.2) is 24.3 Å². The van der Waals surface area contributed by atoms with Gasteiger partial charge < -0.3 is 10.1 Å². The summed E-state index contributed by atoms with van der Waals surface area (Å²) >= 11 is 1.89. The number of ether oxygens (including phenoxy) is 1. The van der Waals surface area contributed by atoms with Crippen LogP contribution in [0.2, 0.25) is 0 Å². The smallest absolute Gasteiger partial charge is 0.146 e. The topological polar surface area (TPSA) is 50.3 Å². The van der Waals surface area contributed by atoms with Gasteiger partial charge in [-0.1, -0.05) is 24.3 Å². The van der Waals surface area contributed by atoms with Crippen molar-refractivity contribution in [1.82, 2.24) is 14.9 Å². The molecule has 1 fully saturated rings. The van der Waals surface area contributed by atoms with Gasteiger partial charge in [0.25, 0.3) is 0 Å². The Kier molecular flexibility index (Phi) is 4.94. The number of thiophene rings is 1. The fourth-order valence-corrected chi connectivity index (χ4v) is 6.52. The van der Waals surface area contributed by atoms with E-state index in [2.05, 4.69) is 34.5 Å². The highest BCUT2D eigenvalue weighted by Crippen LogP contribution is 2.41. The molecule has 1 saturated heterocycles. The standard InChI is InChI=1S/C24H28N4OS/c1-2-7-17-16(5-1)6-3-9-19(17)25-23-22-18-8-4-10-20(18)30-24(22)27-21(26-23)15-28-11-13-29-14-12-28/h1-2,5,7,19H,3-4,6,8-15H2,(H,25,26,27)/t19-/m0/s1. The van der Waals surface area contributed by atoms with E-state index in [-0.39, 0.29) is 0 Å². The summed E-state index contributed by atoms with van der Waals surface area (Å²) < 4.78 is 5.51. The van der Waals surface area contributed by atoms with Crippen LogP contribution in [0, 0.1) is 0 Å². The lowest BCUT2D eigenvalue weighted by Gasteiger charge is -2.28. The summed E-state index contributed by atoms with van der Waals surface area (Å²) in [7, 11) is 0. The second-order valence-corrected chi connectivity index (χ2v) is 9.79. The second-order valence-electron chi connectivity index (χ2n) is 8.70. The van der Waals surface area contributed by atoms with Gasteiger partial charge in [-0.05, 0) is 55.2 Å². The molecule has 5 nitrogen and oxygen atoms in total. The van der Waals surface area contributed by atoms with Crippen LogP contribution in [0.1, 0.15) is 52.7 Å². The quantitative estimate of drug-likeness (QED) is 0.673. The number of nitrogens with one attached hydrogen (secondary N) is 1. The van der Waals surface area contributed by atoms with Crippen LogP contribution >= 0.6 is 11.3 Å². The van der Waals surface area contributed by atoms with Gasteiger partial charge in [0.15, 0.2) is 0 Å². The van der Waals surface area contributed by atoms with Crippen molar-refractivity contribution in [3.63, 3.8) is 0 Å². The third-order valence-electron chi connectivity index (χ3n) is 6.76. The Morgan fingerprint density at radius 2 is 1.97 bits per heavy atom. The van der Waals surface area contributed by atoms with E-state index in [0.717, 1.165) is 57.3 Å². The third-order valence-corrected chi connectivity index (χ3v) is 7.95. The van der Waals surface area contributed by atoms with Gasteiger partial charge in [0.1, 0.15) is 16.5 Å². The van der Waals surface area contributed by atoms with Gasteiger partial charge in [0.05, 0.1) is 31.2 Å². The maximum Gasteiger partial charge on any atom is 0.146 e. The first-order chi connectivity index (χ1) is 14.8. The fraction of sp³-hybridized carbons (Fsp3) is 0.500. The van der Waals surface area contributed by atoms with Crippen LogP contribution in [-0.2, 0) is 30.5 Å². The Hall–Kier alpha value is -2.02. The van der Waals surface area contributed by atoms with Gasteiger partial charge in [-0.2, -0.15) is 0 Å². The lowest BCUT2D eigenvalue weighted by molar-refractivity contribution is 0.0331. The highest BCUT2D eigenvalue weighted by Gasteiger charge is 2.26. The van der Waals surface area contributed by atoms with Crippen molar-refractivity contribution < 1.29 is 4.74 Å². The molecular formula is C24H28N4OS. The van der Waals surface area contributed by atoms with Crippen LogP contribution in [0.4, 0.5) is 5.82 Å². The summed E-state index contributed by atoms with van der Waals surface area (Å²) in [6.45, 7) is 4.33. The van der Waals surface area contributed by atoms with Crippen molar-refractivity contribution in [3.05, 3.63) is 51.7 Å². The first kappa shape index (κ1) is 18.7. The average molecular weight is 421 g/mol. The Balaban J connectivity index is 1.39. The molecule has 2 aromatic heterocycles. The molecule has 1 N–H and O–H groups in total. The van der Waals surface area contributed by atoms with E-state index in [0.29, 0.717) is 6.04 Å². The number of hydrogen-bond donors (Lipinski definition) is 1. The van der Waals surface area contributed by atoms with Crippen molar-refractivity contribution in [3.8, 4) is 0 Å². The van der Waals surface area contributed by atoms with Crippen molar-refractivity contribution in [1.29, 1.82) is 0 Å². The molecule has 1 aromatic carbocycles. The van der Waals surface area contributed by atoms with Crippen molar-refractivity contribution in [2.75, 3.05) is 31.6 Å². The lowest BCUT2D eigenvalue weighted by Crippen LogP contribution is -2.36. The zero-order chi connectivity index (χ0) is 19.9. The molecular weight excluding hydrogens is 392 g/mol. The molecule has 0 bridgehead atoms. The summed E-state index contributed by atoms with van der Waals surface area (Å²) in [6, 6.07) is 9.24. The van der Waals surface area contributed by atoms with Crippen LogP contribution in [0.3, 0.4) is 0 Å². The SMILES string of the molecule is c1ccc2c(c1)CCC[C@@H]2Nc1nc(CN2CCOCC2)nc2sc3c(c12)CCC3. The molecule has 1 aliphatic heterocycles. The summed E-state index contributed by atoms with van der Waals surface area (Å²) in [6.07, 6.45) is 7.19. The Morgan fingerprint density at radius 1 is 1.07 bits per heavy atom. The van der Waals surface area contributed by atoms with Gasteiger partial charge in [0.2, 0.25) is 0 Å². The number of aryl methyl sites for hydroxylation is 3. The van der Waals surface area contributed by atoms with Gasteiger partial charge in [0, 0.05) is 18.0 Å². The Bertz CT molecular complexity index is 1070. The maximum atomic E-state index is 5.51. The molecule has 30 heavy (non-hydrogen) atoms. The minimum absolute atomic E-state index is 0.334. The molecule has 0 radical (unpaired) electrons. The first-order valence-corrected chi connectivity index (χ1v) is 12.1. The first-order valence-electron chi connectivity index (χ1n) is 11.3. The van der Waals surface area contributed by atoms with Gasteiger partial charge in [-0.25, -0.2) is 9.97 Å². The average Bonchev–Trinajstić information content (AvgIpc) is 3.36. The van der Waals surface area contributed by atoms with Gasteiger partial charge >= 0.3 is 0 Å². The van der Waals surface area contributed by atoms with E-state index in [1.807, 2.05) is 11.3 Å². The van der Waals surface area contributed by atoms with Crippen molar-refractivity contribution in [2.45, 2.75) is 51.1 Å². The van der Waals surface area contributed by atoms with E-state index >= 15 is 0 Å². The van der Waals surface area contributed by atoms with E-state index < -0.39 is 0 Å². The summed E-state index contributed by atoms with van der Waals surface area (Å²) in [5, 5.41) is 5.18. The van der Waals surface area contributed by atoms with Crippen molar-refractivity contribution in [2.24, 2.45) is 0 Å². The minimum atomic E-state index is 0.334. The number of hydrogen-bond acceptors (Lipinski definition) is 6. The van der Waals surface area contributed by atoms with Crippen LogP contribution in [0.5, 0.6) is 0 Å². The normalized spacial score (nSPS) is 21.5. The molecule has 3 heterocycles. The fourth-order valence-electron chi connectivity index (χ4n) is 5.24. The molecule has 0 amide bonds. The van der Waals surface area contributed by atoms with Crippen LogP contribution in [0.25, 0.3) is 10.2 Å². The molecule has 0 spiro atoms. The number of benzene rings is 1. The number of nitrogens with zero attached hydrogens (tertiary/aromatic N) is 3. The maximum absolute atomic E-state index is 5.51. The van der Waals surface area contributed by atoms with E-state index in [4.69, 9.17) is 14.7 Å². The number of aromatic nitrogens is 2. The summed E-state index contributed by atoms with van der Waals surface area (Å²) in [4.78, 5) is 15.2. The highest BCUT2D eigenvalue weighted by atomic mass is 32.1. The predicted molar refractivity (Wildman–Crippen MR) is 121 cm³/mol. The van der Waals surface area contributed by atoms with Crippen LogP contribution < -0.4 is 5.32 Å². The number of anilines is 1. The number of rotatable bonds is 4. The molecule has 3 aromatic rings. The number of fused-ring (bicyclic) bond motifs is 4. The molecule has 1 atom stereocenters. The van der Waals surface area contributed by atoms with Crippen molar-refractivity contribution >= 4 is 27.4 Å². The summed E-state index contributed by atoms with van der Waals surface area (Å²) in [5.41, 5.74) is 4.42. The van der Waals surface area contributed by atoms with E-state index in [1.165, 1.54) is 57.5 Å². The minimum Gasteiger partial charge on any atom is -0.379 e. The Morgan fingerprint density at radius 3 is 2.90 bits per heavy atom. The Labute approximate surface area is 181 Å². The van der Waals surface area contributed by atoms with E-state index in [1.54, 1.807) is 0 Å². The molecule has 2 aliphatic carbocycles. The molecule has 156 valence electrons. The predicted octanol–water partition coefficient (Wildman–Crippen LogP) is 4.50.